The molecule has 0 radical (unpaired) electrons. The molecule has 2 aromatic rings. The van der Waals surface area contributed by atoms with Crippen LogP contribution in [0.4, 0.5) is 5.82 Å². The Morgan fingerprint density at radius 3 is 2.57 bits per heavy atom. The van der Waals surface area contributed by atoms with Gasteiger partial charge in [-0.2, -0.15) is 0 Å². The number of amides is 1. The van der Waals surface area contributed by atoms with E-state index in [4.69, 9.17) is 11.6 Å². The highest BCUT2D eigenvalue weighted by atomic mass is 35.5. The number of rotatable bonds is 10. The molecule has 1 amide bonds. The Morgan fingerprint density at radius 2 is 1.93 bits per heavy atom. The maximum Gasteiger partial charge on any atom is 0.233 e. The summed E-state index contributed by atoms with van der Waals surface area (Å²) in [7, 11) is -1.31. The minimum atomic E-state index is -1.31. The zero-order valence-electron chi connectivity index (χ0n) is 16.5. The smallest absolute Gasteiger partial charge is 0.233 e. The molecule has 0 saturated carbocycles. The number of nitrogens with zero attached hydrogens (tertiary/aromatic N) is 6. The lowest BCUT2D eigenvalue weighted by atomic mass is 10.1. The molecule has 30 heavy (non-hydrogen) atoms. The number of hydroxylamine groups is 2. The molecule has 11 heteroatoms. The van der Waals surface area contributed by atoms with Gasteiger partial charge >= 0.3 is 0 Å². The summed E-state index contributed by atoms with van der Waals surface area (Å²) < 4.78 is 14.7. The molecule has 0 aromatic carbocycles. The number of aryl methyl sites for hydroxylation is 1. The maximum absolute atomic E-state index is 12.9. The van der Waals surface area contributed by atoms with Gasteiger partial charge in [0, 0.05) is 51.2 Å². The molecule has 1 aliphatic heterocycles. The third-order valence-corrected chi connectivity index (χ3v) is 6.77. The fourth-order valence-corrected chi connectivity index (χ4v) is 4.82. The molecular weight excluding hydrogens is 428 g/mol. The summed E-state index contributed by atoms with van der Waals surface area (Å²) in [5.74, 6) is 1.73. The Bertz CT molecular complexity index is 821. The van der Waals surface area contributed by atoms with Crippen molar-refractivity contribution in [1.82, 2.24) is 24.3 Å². The third-order valence-electron chi connectivity index (χ3n) is 4.94. The molecule has 3 rings (SSSR count). The van der Waals surface area contributed by atoms with Crippen molar-refractivity contribution < 1.29 is 14.2 Å². The van der Waals surface area contributed by atoms with Crippen LogP contribution < -0.4 is 4.90 Å². The first kappa shape index (κ1) is 22.5. The number of anilines is 1. The van der Waals surface area contributed by atoms with E-state index in [1.165, 1.54) is 0 Å². The topological polar surface area (TPSA) is 103 Å². The number of hydrogen-bond acceptors (Lipinski definition) is 7. The molecule has 162 valence electrons. The van der Waals surface area contributed by atoms with Crippen molar-refractivity contribution in [2.24, 2.45) is 0 Å². The van der Waals surface area contributed by atoms with Gasteiger partial charge in [0.15, 0.2) is 0 Å². The predicted octanol–water partition coefficient (Wildman–Crippen LogP) is 1.55. The molecule has 2 unspecified atom stereocenters. The van der Waals surface area contributed by atoms with E-state index >= 15 is 0 Å². The number of pyridine rings is 1. The second kappa shape index (κ2) is 11.3. The van der Waals surface area contributed by atoms with Gasteiger partial charge in [-0.05, 0) is 31.0 Å². The number of carbonyl (C=O) groups is 1. The van der Waals surface area contributed by atoms with Crippen molar-refractivity contribution >= 4 is 34.8 Å². The highest BCUT2D eigenvalue weighted by molar-refractivity contribution is 7.82. The van der Waals surface area contributed by atoms with Crippen LogP contribution in [-0.2, 0) is 22.2 Å². The van der Waals surface area contributed by atoms with Crippen LogP contribution in [0.15, 0.2) is 36.8 Å². The van der Waals surface area contributed by atoms with E-state index < -0.39 is 17.0 Å². The van der Waals surface area contributed by atoms with Crippen molar-refractivity contribution in [3.63, 3.8) is 0 Å². The van der Waals surface area contributed by atoms with Gasteiger partial charge in [-0.1, -0.05) is 11.6 Å². The van der Waals surface area contributed by atoms with Crippen LogP contribution in [0.3, 0.4) is 0 Å². The second-order valence-corrected chi connectivity index (χ2v) is 8.86. The van der Waals surface area contributed by atoms with Crippen LogP contribution in [-0.4, -0.2) is 78.1 Å². The first-order valence-electron chi connectivity index (χ1n) is 9.75. The number of piperazine rings is 1. The summed E-state index contributed by atoms with van der Waals surface area (Å²) >= 11 is 5.89. The summed E-state index contributed by atoms with van der Waals surface area (Å²) in [5, 5.41) is 11.1. The van der Waals surface area contributed by atoms with Gasteiger partial charge < -0.3 is 4.90 Å². The summed E-state index contributed by atoms with van der Waals surface area (Å²) in [6, 6.07) is 4.90. The first-order valence-corrected chi connectivity index (χ1v) is 11.4. The zero-order valence-corrected chi connectivity index (χ0v) is 18.1. The third kappa shape index (κ3) is 6.43. The van der Waals surface area contributed by atoms with Crippen LogP contribution in [0, 0.1) is 0 Å². The van der Waals surface area contributed by atoms with Crippen LogP contribution in [0.25, 0.3) is 0 Å². The second-order valence-electron chi connectivity index (χ2n) is 6.94. The molecule has 0 bridgehead atoms. The predicted molar refractivity (Wildman–Crippen MR) is 114 cm³/mol. The number of carbonyl (C=O) groups excluding carboxylic acids is 1. The van der Waals surface area contributed by atoms with Gasteiger partial charge in [0.1, 0.15) is 11.6 Å². The number of aromatic nitrogens is 3. The fraction of sp³-hybridized carbons (Fsp3) is 0.474. The van der Waals surface area contributed by atoms with Gasteiger partial charge in [0.2, 0.25) is 6.41 Å². The van der Waals surface area contributed by atoms with Gasteiger partial charge in [-0.3, -0.25) is 10.0 Å². The highest BCUT2D eigenvalue weighted by Crippen LogP contribution is 2.17. The minimum Gasteiger partial charge on any atom is -0.354 e. The molecule has 1 aliphatic rings. The Kier molecular flexibility index (Phi) is 8.50. The Balaban J connectivity index is 1.49. The zero-order chi connectivity index (χ0) is 21.3. The van der Waals surface area contributed by atoms with E-state index in [9.17, 15) is 14.2 Å². The van der Waals surface area contributed by atoms with Gasteiger partial charge in [-0.25, -0.2) is 28.5 Å². The average Bonchev–Trinajstić information content (AvgIpc) is 2.79. The molecule has 0 spiro atoms. The lowest BCUT2D eigenvalue weighted by Gasteiger charge is -2.35. The van der Waals surface area contributed by atoms with Crippen molar-refractivity contribution in [3.8, 4) is 0 Å². The number of hydrogen-bond donors (Lipinski definition) is 1. The monoisotopic (exact) mass is 452 g/mol. The van der Waals surface area contributed by atoms with Gasteiger partial charge in [-0.15, -0.1) is 0 Å². The maximum atomic E-state index is 12.9. The highest BCUT2D eigenvalue weighted by Gasteiger charge is 2.26. The van der Waals surface area contributed by atoms with E-state index in [-0.39, 0.29) is 5.75 Å². The van der Waals surface area contributed by atoms with Crippen LogP contribution >= 0.6 is 11.6 Å². The molecule has 3 heterocycles. The molecule has 2 atom stereocenters. The van der Waals surface area contributed by atoms with Crippen molar-refractivity contribution in [2.45, 2.75) is 25.3 Å². The fourth-order valence-electron chi connectivity index (χ4n) is 3.28. The van der Waals surface area contributed by atoms with Crippen molar-refractivity contribution in [2.75, 3.05) is 36.8 Å². The molecule has 1 saturated heterocycles. The van der Waals surface area contributed by atoms with Gasteiger partial charge in [0.25, 0.3) is 0 Å². The molecule has 0 aliphatic carbocycles. The van der Waals surface area contributed by atoms with Gasteiger partial charge in [0.05, 0.1) is 27.8 Å². The molecule has 1 fully saturated rings. The van der Waals surface area contributed by atoms with Crippen molar-refractivity contribution in [3.05, 3.63) is 47.6 Å². The summed E-state index contributed by atoms with van der Waals surface area (Å²) in [5.41, 5.74) is 0. The Hall–Kier alpha value is -2.14. The van der Waals surface area contributed by atoms with E-state index in [0.717, 1.165) is 5.82 Å². The van der Waals surface area contributed by atoms with E-state index in [1.54, 1.807) is 30.7 Å². The van der Waals surface area contributed by atoms with E-state index in [2.05, 4.69) is 19.9 Å². The minimum absolute atomic E-state index is 0.185. The Morgan fingerprint density at radius 1 is 1.20 bits per heavy atom. The SMILES string of the molecule is O=CN(O)C(CCCc1ncccn1)CS(=O)N1CCN(c2ccc(Cl)cn2)CC1. The molecule has 9 nitrogen and oxygen atoms in total. The van der Waals surface area contributed by atoms with Crippen LogP contribution in [0.5, 0.6) is 0 Å². The lowest BCUT2D eigenvalue weighted by molar-refractivity contribution is -0.158. The number of halogens is 1. The van der Waals surface area contributed by atoms with Crippen molar-refractivity contribution in [1.29, 1.82) is 0 Å². The normalized spacial score (nSPS) is 16.8. The van der Waals surface area contributed by atoms with Crippen LogP contribution in [0.1, 0.15) is 18.7 Å². The quantitative estimate of drug-likeness (QED) is 0.331. The first-order chi connectivity index (χ1) is 14.6. The van der Waals surface area contributed by atoms with E-state index in [0.29, 0.717) is 67.8 Å². The molecule has 1 N–H and O–H groups in total. The van der Waals surface area contributed by atoms with Crippen LogP contribution in [0.2, 0.25) is 5.02 Å². The standard InChI is InChI=1S/C19H25ClN6O3S/c20-16-5-6-19(23-13-16)24-9-11-25(12-10-24)30(29)14-17(26(28)15-27)3-1-4-18-21-7-2-8-22-18/h2,5-8,13,15,17,28H,1,3-4,9-12,14H2. The summed E-state index contributed by atoms with van der Waals surface area (Å²) in [6.07, 6.45) is 7.15. The summed E-state index contributed by atoms with van der Waals surface area (Å²) in [4.78, 5) is 25.9. The molecule has 2 aromatic heterocycles. The lowest BCUT2D eigenvalue weighted by Crippen LogP contribution is -2.49. The van der Waals surface area contributed by atoms with E-state index in [1.807, 2.05) is 10.4 Å². The largest absolute Gasteiger partial charge is 0.354 e. The summed E-state index contributed by atoms with van der Waals surface area (Å²) in [6.45, 7) is 2.59. The average molecular weight is 453 g/mol. The molecular formula is C19H25ClN6O3S. The Labute approximate surface area is 183 Å².